The largest absolute Gasteiger partial charge is 0.481 e. The standard InChI is InChI=1S/C19H19F3N2O3/c1-3-18(17(26)27,13-7-5-4-6-8-13)11-23-16(25)14-9-10-15(19(20,21)22)24-12(14)2/h4-10H,3,11H2,1-2H3,(H,23,25)(H,26,27). The highest BCUT2D eigenvalue weighted by atomic mass is 19.4. The Labute approximate surface area is 154 Å². The number of hydrogen-bond acceptors (Lipinski definition) is 3. The molecule has 2 N–H and O–H groups in total. The highest BCUT2D eigenvalue weighted by Crippen LogP contribution is 2.29. The number of alkyl halides is 3. The van der Waals surface area contributed by atoms with Gasteiger partial charge in [0.2, 0.25) is 0 Å². The molecule has 2 rings (SSSR count). The van der Waals surface area contributed by atoms with Crippen molar-refractivity contribution in [3.8, 4) is 0 Å². The van der Waals surface area contributed by atoms with Crippen molar-refractivity contribution < 1.29 is 27.9 Å². The van der Waals surface area contributed by atoms with E-state index in [0.717, 1.165) is 12.1 Å². The Morgan fingerprint density at radius 3 is 2.22 bits per heavy atom. The van der Waals surface area contributed by atoms with Crippen LogP contribution in [0, 0.1) is 6.92 Å². The van der Waals surface area contributed by atoms with Gasteiger partial charge in [-0.15, -0.1) is 0 Å². The van der Waals surface area contributed by atoms with Gasteiger partial charge in [0.1, 0.15) is 11.1 Å². The van der Waals surface area contributed by atoms with Gasteiger partial charge in [-0.3, -0.25) is 9.59 Å². The number of pyridine rings is 1. The molecule has 1 unspecified atom stereocenters. The fourth-order valence-corrected chi connectivity index (χ4v) is 2.82. The number of aromatic nitrogens is 1. The van der Waals surface area contributed by atoms with Gasteiger partial charge in [0.25, 0.3) is 5.91 Å². The SMILES string of the molecule is CCC(CNC(=O)c1ccc(C(F)(F)F)nc1C)(C(=O)O)c1ccccc1. The first kappa shape index (κ1) is 20.4. The quantitative estimate of drug-likeness (QED) is 0.803. The second-order valence-corrected chi connectivity index (χ2v) is 6.12. The van der Waals surface area contributed by atoms with E-state index in [1.54, 1.807) is 37.3 Å². The summed E-state index contributed by atoms with van der Waals surface area (Å²) in [5.74, 6) is -1.78. The maximum absolute atomic E-state index is 12.7. The molecular formula is C19H19F3N2O3. The van der Waals surface area contributed by atoms with Crippen LogP contribution in [0.25, 0.3) is 0 Å². The minimum Gasteiger partial charge on any atom is -0.481 e. The van der Waals surface area contributed by atoms with Crippen molar-refractivity contribution >= 4 is 11.9 Å². The zero-order chi connectivity index (χ0) is 20.2. The Hall–Kier alpha value is -2.90. The van der Waals surface area contributed by atoms with E-state index in [9.17, 15) is 27.9 Å². The number of hydrogen-bond donors (Lipinski definition) is 2. The smallest absolute Gasteiger partial charge is 0.433 e. The van der Waals surface area contributed by atoms with Gasteiger partial charge in [-0.1, -0.05) is 37.3 Å². The maximum atomic E-state index is 12.7. The predicted molar refractivity (Wildman–Crippen MR) is 92.4 cm³/mol. The van der Waals surface area contributed by atoms with Crippen LogP contribution in [0.2, 0.25) is 0 Å². The number of carboxylic acids is 1. The van der Waals surface area contributed by atoms with Gasteiger partial charge >= 0.3 is 12.1 Å². The first-order valence-corrected chi connectivity index (χ1v) is 8.24. The molecule has 0 aliphatic rings. The molecule has 0 saturated carbocycles. The van der Waals surface area contributed by atoms with Gasteiger partial charge in [-0.25, -0.2) is 4.98 Å². The number of carbonyl (C=O) groups excluding carboxylic acids is 1. The normalized spacial score (nSPS) is 13.7. The van der Waals surface area contributed by atoms with Crippen molar-refractivity contribution in [2.24, 2.45) is 0 Å². The van der Waals surface area contributed by atoms with Crippen molar-refractivity contribution in [2.75, 3.05) is 6.54 Å². The van der Waals surface area contributed by atoms with E-state index < -0.39 is 29.2 Å². The van der Waals surface area contributed by atoms with Gasteiger partial charge in [0.15, 0.2) is 0 Å². The average molecular weight is 380 g/mol. The number of aliphatic carboxylic acids is 1. The molecule has 1 aromatic carbocycles. The Bertz CT molecular complexity index is 838. The lowest BCUT2D eigenvalue weighted by molar-refractivity contribution is -0.144. The van der Waals surface area contributed by atoms with Crippen LogP contribution in [0.15, 0.2) is 42.5 Å². The zero-order valence-electron chi connectivity index (χ0n) is 14.8. The molecule has 1 aromatic heterocycles. The fourth-order valence-electron chi connectivity index (χ4n) is 2.82. The number of benzene rings is 1. The minimum absolute atomic E-state index is 0.0357. The van der Waals surface area contributed by atoms with Crippen LogP contribution in [0.4, 0.5) is 13.2 Å². The molecule has 0 radical (unpaired) electrons. The van der Waals surface area contributed by atoms with Crippen molar-refractivity contribution in [2.45, 2.75) is 31.9 Å². The van der Waals surface area contributed by atoms with E-state index in [0.29, 0.717) is 5.56 Å². The van der Waals surface area contributed by atoms with Crippen LogP contribution >= 0.6 is 0 Å². The molecule has 0 bridgehead atoms. The third-order valence-corrected chi connectivity index (χ3v) is 4.51. The molecule has 0 aliphatic heterocycles. The maximum Gasteiger partial charge on any atom is 0.433 e. The summed E-state index contributed by atoms with van der Waals surface area (Å²) in [7, 11) is 0. The van der Waals surface area contributed by atoms with Gasteiger partial charge in [0, 0.05) is 6.54 Å². The Morgan fingerprint density at radius 2 is 1.74 bits per heavy atom. The number of carboxylic acid groups (broad SMARTS) is 1. The monoisotopic (exact) mass is 380 g/mol. The topological polar surface area (TPSA) is 79.3 Å². The molecule has 27 heavy (non-hydrogen) atoms. The summed E-state index contributed by atoms with van der Waals surface area (Å²) < 4.78 is 38.1. The Balaban J connectivity index is 2.26. The second-order valence-electron chi connectivity index (χ2n) is 6.12. The molecule has 0 fully saturated rings. The van der Waals surface area contributed by atoms with Gasteiger partial charge in [-0.2, -0.15) is 13.2 Å². The summed E-state index contributed by atoms with van der Waals surface area (Å²) in [6, 6.07) is 10.2. The van der Waals surface area contributed by atoms with Crippen molar-refractivity contribution in [3.63, 3.8) is 0 Å². The molecule has 2 aromatic rings. The van der Waals surface area contributed by atoms with E-state index >= 15 is 0 Å². The van der Waals surface area contributed by atoms with Crippen LogP contribution in [0.5, 0.6) is 0 Å². The van der Waals surface area contributed by atoms with Crippen molar-refractivity contribution in [3.05, 3.63) is 65.0 Å². The second kappa shape index (κ2) is 7.77. The van der Waals surface area contributed by atoms with Crippen LogP contribution in [0.1, 0.15) is 40.7 Å². The molecule has 0 spiro atoms. The third kappa shape index (κ3) is 4.27. The van der Waals surface area contributed by atoms with Gasteiger partial charge in [-0.05, 0) is 31.0 Å². The molecule has 1 amide bonds. The minimum atomic E-state index is -4.60. The fraction of sp³-hybridized carbons (Fsp3) is 0.316. The Kier molecular flexibility index (Phi) is 5.88. The van der Waals surface area contributed by atoms with E-state index in [1.165, 1.54) is 6.92 Å². The van der Waals surface area contributed by atoms with E-state index in [-0.39, 0.29) is 24.2 Å². The van der Waals surface area contributed by atoms with Crippen LogP contribution in [0.3, 0.4) is 0 Å². The number of aryl methyl sites for hydroxylation is 1. The van der Waals surface area contributed by atoms with Crippen LogP contribution < -0.4 is 5.32 Å². The Morgan fingerprint density at radius 1 is 1.11 bits per heavy atom. The number of halogens is 3. The van der Waals surface area contributed by atoms with E-state index in [4.69, 9.17) is 0 Å². The summed E-state index contributed by atoms with van der Waals surface area (Å²) in [6.45, 7) is 2.78. The van der Waals surface area contributed by atoms with Gasteiger partial charge in [0.05, 0.1) is 11.3 Å². The lowest BCUT2D eigenvalue weighted by atomic mass is 9.78. The first-order valence-electron chi connectivity index (χ1n) is 8.24. The summed E-state index contributed by atoms with van der Waals surface area (Å²) in [4.78, 5) is 27.8. The number of amides is 1. The van der Waals surface area contributed by atoms with E-state index in [2.05, 4.69) is 10.3 Å². The van der Waals surface area contributed by atoms with Crippen LogP contribution in [-0.4, -0.2) is 28.5 Å². The number of nitrogens with zero attached hydrogens (tertiary/aromatic N) is 1. The molecule has 8 heteroatoms. The van der Waals surface area contributed by atoms with E-state index in [1.807, 2.05) is 0 Å². The predicted octanol–water partition coefficient (Wildman–Crippen LogP) is 3.57. The molecule has 144 valence electrons. The van der Waals surface area contributed by atoms with Crippen LogP contribution in [-0.2, 0) is 16.4 Å². The lowest BCUT2D eigenvalue weighted by Gasteiger charge is -2.29. The lowest BCUT2D eigenvalue weighted by Crippen LogP contribution is -2.46. The number of nitrogens with one attached hydrogen (secondary N) is 1. The molecule has 5 nitrogen and oxygen atoms in total. The molecular weight excluding hydrogens is 361 g/mol. The third-order valence-electron chi connectivity index (χ3n) is 4.51. The summed E-state index contributed by atoms with van der Waals surface area (Å²) in [6.07, 6.45) is -4.38. The summed E-state index contributed by atoms with van der Waals surface area (Å²) in [5, 5.41) is 12.3. The van der Waals surface area contributed by atoms with Crippen molar-refractivity contribution in [1.82, 2.24) is 10.3 Å². The molecule has 0 aliphatic carbocycles. The number of rotatable bonds is 6. The average Bonchev–Trinajstić information content (AvgIpc) is 2.62. The molecule has 1 heterocycles. The van der Waals surface area contributed by atoms with Gasteiger partial charge < -0.3 is 10.4 Å². The molecule has 0 saturated heterocycles. The highest BCUT2D eigenvalue weighted by molar-refractivity contribution is 5.95. The first-order chi connectivity index (χ1) is 12.6. The number of carbonyl (C=O) groups is 2. The van der Waals surface area contributed by atoms with Crippen molar-refractivity contribution in [1.29, 1.82) is 0 Å². The zero-order valence-corrected chi connectivity index (χ0v) is 14.8. The highest BCUT2D eigenvalue weighted by Gasteiger charge is 2.39. The summed E-state index contributed by atoms with van der Waals surface area (Å²) >= 11 is 0. The summed E-state index contributed by atoms with van der Waals surface area (Å²) in [5.41, 5.74) is -2.02. The molecule has 1 atom stereocenters.